The number of phenols is 1. The summed E-state index contributed by atoms with van der Waals surface area (Å²) in [7, 11) is 0. The molecule has 1 saturated carbocycles. The summed E-state index contributed by atoms with van der Waals surface area (Å²) in [5.74, 6) is 0.758. The molecule has 2 aliphatic carbocycles. The summed E-state index contributed by atoms with van der Waals surface area (Å²) < 4.78 is 5.95. The molecule has 24 heavy (non-hydrogen) atoms. The van der Waals surface area contributed by atoms with Gasteiger partial charge in [-0.1, -0.05) is 48.4 Å². The largest absolute Gasteiger partial charge is 0.508 e. The van der Waals surface area contributed by atoms with Gasteiger partial charge in [0.05, 0.1) is 11.2 Å². The topological polar surface area (TPSA) is 49.8 Å². The Morgan fingerprint density at radius 3 is 2.96 bits per heavy atom. The first-order chi connectivity index (χ1) is 11.5. The SMILES string of the molecule is CCOC(=O)N(CI)[C@H]1Cc2ccc(O)cc2[C@]2(C)CCCC[C@H]12. The molecule has 3 atom stereocenters. The fourth-order valence-corrected chi connectivity index (χ4v) is 5.54. The van der Waals surface area contributed by atoms with Crippen LogP contribution in [0.2, 0.25) is 0 Å². The number of aromatic hydroxyl groups is 1. The van der Waals surface area contributed by atoms with E-state index in [2.05, 4.69) is 29.5 Å². The molecule has 0 aromatic heterocycles. The normalized spacial score (nSPS) is 28.6. The summed E-state index contributed by atoms with van der Waals surface area (Å²) >= 11 is 2.27. The molecule has 0 saturated heterocycles. The smallest absolute Gasteiger partial charge is 0.410 e. The van der Waals surface area contributed by atoms with E-state index in [1.54, 1.807) is 6.07 Å². The Balaban J connectivity index is 2.02. The monoisotopic (exact) mass is 443 g/mol. The molecule has 0 unspecified atom stereocenters. The molecular formula is C19H26INO3. The number of fused-ring (bicyclic) bond motifs is 3. The Morgan fingerprint density at radius 1 is 1.46 bits per heavy atom. The van der Waals surface area contributed by atoms with Gasteiger partial charge in [0.15, 0.2) is 0 Å². The van der Waals surface area contributed by atoms with E-state index < -0.39 is 0 Å². The number of benzene rings is 1. The van der Waals surface area contributed by atoms with Gasteiger partial charge in [0.25, 0.3) is 0 Å². The summed E-state index contributed by atoms with van der Waals surface area (Å²) in [6, 6.07) is 5.91. The average Bonchev–Trinajstić information content (AvgIpc) is 2.56. The molecule has 1 amide bonds. The maximum absolute atomic E-state index is 12.5. The predicted octanol–water partition coefficient (Wildman–Crippen LogP) is 4.62. The van der Waals surface area contributed by atoms with Gasteiger partial charge in [-0.3, -0.25) is 4.90 Å². The van der Waals surface area contributed by atoms with Crippen LogP contribution in [0.15, 0.2) is 18.2 Å². The maximum atomic E-state index is 12.5. The van der Waals surface area contributed by atoms with E-state index in [-0.39, 0.29) is 17.6 Å². The first-order valence-corrected chi connectivity index (χ1v) is 10.4. The fraction of sp³-hybridized carbons (Fsp3) is 0.632. The number of hydrogen-bond donors (Lipinski definition) is 1. The predicted molar refractivity (Wildman–Crippen MR) is 103 cm³/mol. The number of amides is 1. The van der Waals surface area contributed by atoms with Gasteiger partial charge in [0.2, 0.25) is 0 Å². The van der Waals surface area contributed by atoms with Crippen molar-refractivity contribution in [3.8, 4) is 5.75 Å². The minimum atomic E-state index is -0.202. The third-order valence-corrected chi connectivity index (χ3v) is 6.65. The summed E-state index contributed by atoms with van der Waals surface area (Å²) in [6.07, 6.45) is 5.30. The van der Waals surface area contributed by atoms with Crippen LogP contribution in [0, 0.1) is 5.92 Å². The van der Waals surface area contributed by atoms with Crippen LogP contribution < -0.4 is 0 Å². The van der Waals surface area contributed by atoms with Crippen LogP contribution in [0.4, 0.5) is 4.79 Å². The van der Waals surface area contributed by atoms with Crippen LogP contribution >= 0.6 is 22.6 Å². The van der Waals surface area contributed by atoms with Crippen LogP contribution in [0.3, 0.4) is 0 Å². The highest BCUT2D eigenvalue weighted by molar-refractivity contribution is 14.1. The molecule has 5 heteroatoms. The standard InChI is InChI=1S/C19H26INO3/c1-3-24-18(23)21(12-20)17-10-13-7-8-14(22)11-16(13)19(2)9-5-4-6-15(17)19/h7-8,11,15,17,22H,3-6,9-10,12H2,1-2H3/t15-,17+,19-/m1/s1. The number of halogens is 1. The van der Waals surface area contributed by atoms with Crippen molar-refractivity contribution in [1.82, 2.24) is 4.90 Å². The van der Waals surface area contributed by atoms with Crippen LogP contribution in [0.1, 0.15) is 50.7 Å². The third-order valence-electron chi connectivity index (χ3n) is 5.91. The van der Waals surface area contributed by atoms with Crippen LogP contribution in [0.25, 0.3) is 0 Å². The quantitative estimate of drug-likeness (QED) is 0.422. The Bertz CT molecular complexity index is 621. The number of rotatable bonds is 3. The van der Waals surface area contributed by atoms with Crippen molar-refractivity contribution in [2.45, 2.75) is 57.4 Å². The average molecular weight is 443 g/mol. The molecule has 1 aromatic carbocycles. The van der Waals surface area contributed by atoms with Gasteiger partial charge in [-0.25, -0.2) is 4.79 Å². The van der Waals surface area contributed by atoms with Crippen LogP contribution in [-0.4, -0.2) is 33.3 Å². The lowest BCUT2D eigenvalue weighted by Gasteiger charge is -2.52. The van der Waals surface area contributed by atoms with E-state index in [1.165, 1.54) is 24.0 Å². The number of alkyl halides is 1. The molecular weight excluding hydrogens is 417 g/mol. The maximum Gasteiger partial charge on any atom is 0.410 e. The summed E-state index contributed by atoms with van der Waals surface area (Å²) in [5, 5.41) is 9.99. The highest BCUT2D eigenvalue weighted by Gasteiger charge is 2.49. The molecule has 4 nitrogen and oxygen atoms in total. The molecule has 0 radical (unpaired) electrons. The van der Waals surface area contributed by atoms with E-state index in [0.29, 0.717) is 22.8 Å². The van der Waals surface area contributed by atoms with Crippen molar-refractivity contribution < 1.29 is 14.6 Å². The van der Waals surface area contributed by atoms with Gasteiger partial charge < -0.3 is 9.84 Å². The van der Waals surface area contributed by atoms with E-state index in [9.17, 15) is 9.90 Å². The van der Waals surface area contributed by atoms with Crippen LogP contribution in [-0.2, 0) is 16.6 Å². The molecule has 3 rings (SSSR count). The zero-order valence-corrected chi connectivity index (χ0v) is 16.6. The lowest BCUT2D eigenvalue weighted by atomic mass is 9.56. The second-order valence-electron chi connectivity index (χ2n) is 7.17. The second-order valence-corrected chi connectivity index (χ2v) is 7.85. The van der Waals surface area contributed by atoms with Gasteiger partial charge in [0, 0.05) is 6.04 Å². The van der Waals surface area contributed by atoms with Gasteiger partial charge in [-0.05, 0) is 60.8 Å². The number of hydrogen-bond acceptors (Lipinski definition) is 3. The number of nitrogens with zero attached hydrogens (tertiary/aromatic N) is 1. The van der Waals surface area contributed by atoms with Crippen molar-refractivity contribution in [1.29, 1.82) is 0 Å². The molecule has 2 aliphatic rings. The van der Waals surface area contributed by atoms with Gasteiger partial charge >= 0.3 is 6.09 Å². The lowest BCUT2D eigenvalue weighted by Crippen LogP contribution is -2.55. The van der Waals surface area contributed by atoms with E-state index >= 15 is 0 Å². The summed E-state index contributed by atoms with van der Waals surface area (Å²) in [4.78, 5) is 14.4. The Morgan fingerprint density at radius 2 is 2.25 bits per heavy atom. The van der Waals surface area contributed by atoms with Crippen molar-refractivity contribution in [3.05, 3.63) is 29.3 Å². The Labute approximate surface area is 157 Å². The number of phenolic OH excluding ortho intramolecular Hbond substituents is 1. The molecule has 0 aliphatic heterocycles. The molecule has 1 aromatic rings. The fourth-order valence-electron chi connectivity index (χ4n) is 4.76. The highest BCUT2D eigenvalue weighted by Crippen LogP contribution is 2.51. The van der Waals surface area contributed by atoms with E-state index in [4.69, 9.17) is 4.74 Å². The minimum Gasteiger partial charge on any atom is -0.508 e. The summed E-state index contributed by atoms with van der Waals surface area (Å²) in [6.45, 7) is 4.58. The second kappa shape index (κ2) is 7.10. The molecule has 0 heterocycles. The van der Waals surface area contributed by atoms with Gasteiger partial charge in [-0.15, -0.1) is 0 Å². The van der Waals surface area contributed by atoms with E-state index in [1.807, 2.05) is 24.0 Å². The zero-order chi connectivity index (χ0) is 17.3. The zero-order valence-electron chi connectivity index (χ0n) is 14.4. The van der Waals surface area contributed by atoms with E-state index in [0.717, 1.165) is 19.3 Å². The van der Waals surface area contributed by atoms with Crippen molar-refractivity contribution in [2.24, 2.45) is 5.92 Å². The Kier molecular flexibility index (Phi) is 5.27. The minimum absolute atomic E-state index is 0.0196. The van der Waals surface area contributed by atoms with Crippen molar-refractivity contribution in [3.63, 3.8) is 0 Å². The number of ether oxygens (including phenoxy) is 1. The summed E-state index contributed by atoms with van der Waals surface area (Å²) in [5.41, 5.74) is 2.56. The Hall–Kier alpha value is -0.980. The first-order valence-electron chi connectivity index (χ1n) is 8.83. The molecule has 1 N–H and O–H groups in total. The molecule has 132 valence electrons. The lowest BCUT2D eigenvalue weighted by molar-refractivity contribution is 0.0483. The molecule has 0 spiro atoms. The van der Waals surface area contributed by atoms with Crippen molar-refractivity contribution >= 4 is 28.7 Å². The first kappa shape index (κ1) is 17.8. The van der Waals surface area contributed by atoms with Gasteiger partial charge in [0.1, 0.15) is 5.75 Å². The van der Waals surface area contributed by atoms with Crippen molar-refractivity contribution in [2.75, 3.05) is 11.2 Å². The number of carbonyl (C=O) groups is 1. The number of carbonyl (C=O) groups excluding carboxylic acids is 1. The van der Waals surface area contributed by atoms with Crippen LogP contribution in [0.5, 0.6) is 5.75 Å². The molecule has 1 fully saturated rings. The third kappa shape index (κ3) is 3.00. The highest BCUT2D eigenvalue weighted by atomic mass is 127. The van der Waals surface area contributed by atoms with Gasteiger partial charge in [-0.2, -0.15) is 0 Å². The molecule has 0 bridgehead atoms.